The minimum Gasteiger partial charge on any atom is -0.245 e. The fourth-order valence-electron chi connectivity index (χ4n) is 4.68. The normalized spacial score (nSPS) is 15.4. The van der Waals surface area contributed by atoms with Gasteiger partial charge in [-0.15, -0.1) is 0 Å². The smallest absolute Gasteiger partial charge is 0.101 e. The van der Waals surface area contributed by atoms with Gasteiger partial charge in [-0.1, -0.05) is 112 Å². The third-order valence-electron chi connectivity index (χ3n) is 6.37. The second-order valence-corrected chi connectivity index (χ2v) is 10.1. The number of rotatable bonds is 4. The Labute approximate surface area is 211 Å². The molecular weight excluding hydrogens is 459 g/mol. The van der Waals surface area contributed by atoms with Crippen LogP contribution in [0.2, 0.25) is 10.0 Å². The zero-order valence-corrected chi connectivity index (χ0v) is 21.2. The van der Waals surface area contributed by atoms with E-state index >= 15 is 0 Å². The van der Waals surface area contributed by atoms with E-state index in [2.05, 4.69) is 82.3 Å². The van der Waals surface area contributed by atoms with Crippen molar-refractivity contribution in [1.29, 1.82) is 0 Å². The van der Waals surface area contributed by atoms with Crippen LogP contribution in [0.25, 0.3) is 10.8 Å². The Morgan fingerprint density at radius 3 is 1.50 bits per heavy atom. The lowest BCUT2D eigenvalue weighted by atomic mass is 9.92. The van der Waals surface area contributed by atoms with Crippen LogP contribution in [0, 0.1) is 0 Å². The van der Waals surface area contributed by atoms with E-state index in [4.69, 9.17) is 33.2 Å². The van der Waals surface area contributed by atoms with Crippen molar-refractivity contribution in [2.45, 2.75) is 39.5 Å². The minimum atomic E-state index is 0.344. The van der Waals surface area contributed by atoms with E-state index < -0.39 is 0 Å². The van der Waals surface area contributed by atoms with Crippen molar-refractivity contribution < 1.29 is 0 Å². The van der Waals surface area contributed by atoms with Crippen molar-refractivity contribution in [3.63, 3.8) is 0 Å². The summed E-state index contributed by atoms with van der Waals surface area (Å²) in [5, 5.41) is 3.37. The molecule has 0 spiro atoms. The largest absolute Gasteiger partial charge is 0.245 e. The maximum Gasteiger partial charge on any atom is 0.101 e. The first-order valence-corrected chi connectivity index (χ1v) is 12.4. The molecule has 4 heteroatoms. The molecule has 0 fully saturated rings. The number of para-hydroxylation sites is 2. The van der Waals surface area contributed by atoms with Crippen molar-refractivity contribution in [2.75, 3.05) is 0 Å². The predicted octanol–water partition coefficient (Wildman–Crippen LogP) is 9.65. The van der Waals surface area contributed by atoms with Crippen LogP contribution < -0.4 is 0 Å². The standard InChI is InChI=1S/C30H26Cl2N2/c1-17(2)20-11-7-12-21(18(3)4)27(20)33-28-22-13-5-9-19-10-6-14-23(26(19)22)29(28)34-30-24(31)15-8-16-25(30)32/h5-18H,1-4H3. The molecule has 0 heterocycles. The Morgan fingerprint density at radius 2 is 1.00 bits per heavy atom. The van der Waals surface area contributed by atoms with Crippen LogP contribution in [0.15, 0.2) is 82.8 Å². The summed E-state index contributed by atoms with van der Waals surface area (Å²) in [6.07, 6.45) is 0. The molecule has 0 bridgehead atoms. The first-order valence-electron chi connectivity index (χ1n) is 11.6. The Kier molecular flexibility index (Phi) is 6.06. The van der Waals surface area contributed by atoms with Gasteiger partial charge in [-0.3, -0.25) is 0 Å². The molecule has 34 heavy (non-hydrogen) atoms. The molecule has 0 saturated carbocycles. The minimum absolute atomic E-state index is 0.344. The van der Waals surface area contributed by atoms with Crippen molar-refractivity contribution in [3.8, 4) is 0 Å². The van der Waals surface area contributed by atoms with Crippen LogP contribution in [0.1, 0.15) is 61.8 Å². The summed E-state index contributed by atoms with van der Waals surface area (Å²) < 4.78 is 0. The topological polar surface area (TPSA) is 24.7 Å². The van der Waals surface area contributed by atoms with Gasteiger partial charge in [0.05, 0.1) is 27.2 Å². The summed E-state index contributed by atoms with van der Waals surface area (Å²) in [5.41, 5.74) is 7.87. The van der Waals surface area contributed by atoms with E-state index in [-0.39, 0.29) is 0 Å². The highest BCUT2D eigenvalue weighted by atomic mass is 35.5. The lowest BCUT2D eigenvalue weighted by Crippen LogP contribution is -2.11. The molecule has 1 aliphatic carbocycles. The number of aliphatic imine (C=N–C) groups is 2. The lowest BCUT2D eigenvalue weighted by molar-refractivity contribution is 0.835. The van der Waals surface area contributed by atoms with E-state index in [9.17, 15) is 0 Å². The van der Waals surface area contributed by atoms with E-state index in [1.165, 1.54) is 21.9 Å². The SMILES string of the molecule is CC(C)c1cccc(C(C)C)c1N=C1C(=Nc2c(Cl)cccc2Cl)c2cccc3cccc1c23. The number of hydrogen-bond donors (Lipinski definition) is 0. The molecule has 0 amide bonds. The predicted molar refractivity (Wildman–Crippen MR) is 147 cm³/mol. The molecule has 0 atom stereocenters. The third kappa shape index (κ3) is 3.85. The quantitative estimate of drug-likeness (QED) is 0.275. The second-order valence-electron chi connectivity index (χ2n) is 9.29. The maximum absolute atomic E-state index is 6.53. The van der Waals surface area contributed by atoms with Crippen molar-refractivity contribution in [2.24, 2.45) is 9.98 Å². The molecule has 0 N–H and O–H groups in total. The molecule has 0 saturated heterocycles. The van der Waals surface area contributed by atoms with E-state index in [0.717, 1.165) is 28.2 Å². The molecule has 170 valence electrons. The van der Waals surface area contributed by atoms with E-state index in [1.807, 2.05) is 18.2 Å². The molecule has 5 rings (SSSR count). The third-order valence-corrected chi connectivity index (χ3v) is 6.98. The van der Waals surface area contributed by atoms with Gasteiger partial charge in [0, 0.05) is 16.5 Å². The molecule has 0 radical (unpaired) electrons. The highest BCUT2D eigenvalue weighted by molar-refractivity contribution is 6.61. The zero-order chi connectivity index (χ0) is 24.0. The highest BCUT2D eigenvalue weighted by Crippen LogP contribution is 2.40. The highest BCUT2D eigenvalue weighted by Gasteiger charge is 2.28. The van der Waals surface area contributed by atoms with Crippen molar-refractivity contribution in [3.05, 3.63) is 105 Å². The summed E-state index contributed by atoms with van der Waals surface area (Å²) in [6, 6.07) is 24.6. The number of nitrogens with zero attached hydrogens (tertiary/aromatic N) is 2. The first-order chi connectivity index (χ1) is 16.4. The van der Waals surface area contributed by atoms with Crippen LogP contribution in [-0.4, -0.2) is 11.4 Å². The van der Waals surface area contributed by atoms with Gasteiger partial charge in [-0.05, 0) is 40.5 Å². The fourth-order valence-corrected chi connectivity index (χ4v) is 5.16. The summed E-state index contributed by atoms with van der Waals surface area (Å²) in [5.74, 6) is 0.687. The van der Waals surface area contributed by atoms with Crippen molar-refractivity contribution >= 4 is 56.8 Å². The lowest BCUT2D eigenvalue weighted by Gasteiger charge is -2.17. The molecule has 0 unspecified atom stereocenters. The van der Waals surface area contributed by atoms with Crippen LogP contribution in [0.3, 0.4) is 0 Å². The molecular formula is C30H26Cl2N2. The number of halogens is 2. The molecule has 0 aliphatic heterocycles. The molecule has 1 aliphatic rings. The second kappa shape index (κ2) is 9.02. The van der Waals surface area contributed by atoms with Gasteiger partial charge < -0.3 is 0 Å². The van der Waals surface area contributed by atoms with Gasteiger partial charge in [-0.2, -0.15) is 0 Å². The fraction of sp³-hybridized carbons (Fsp3) is 0.200. The van der Waals surface area contributed by atoms with Gasteiger partial charge in [0.25, 0.3) is 0 Å². The monoisotopic (exact) mass is 484 g/mol. The van der Waals surface area contributed by atoms with Gasteiger partial charge in [-0.25, -0.2) is 9.98 Å². The Balaban J connectivity index is 1.86. The summed E-state index contributed by atoms with van der Waals surface area (Å²) in [7, 11) is 0. The van der Waals surface area contributed by atoms with Gasteiger partial charge >= 0.3 is 0 Å². The summed E-state index contributed by atoms with van der Waals surface area (Å²) in [4.78, 5) is 10.4. The van der Waals surface area contributed by atoms with Gasteiger partial charge in [0.15, 0.2) is 0 Å². The Hall–Kier alpha value is -2.94. The molecule has 2 nitrogen and oxygen atoms in total. The Morgan fingerprint density at radius 1 is 0.559 bits per heavy atom. The van der Waals surface area contributed by atoms with E-state index in [1.54, 1.807) is 0 Å². The van der Waals surface area contributed by atoms with Crippen LogP contribution in [0.4, 0.5) is 11.4 Å². The molecule has 4 aromatic rings. The summed E-state index contributed by atoms with van der Waals surface area (Å²) in [6.45, 7) is 8.86. The van der Waals surface area contributed by atoms with Crippen LogP contribution in [0.5, 0.6) is 0 Å². The first kappa shape index (κ1) is 22.8. The van der Waals surface area contributed by atoms with Gasteiger partial charge in [0.2, 0.25) is 0 Å². The number of hydrogen-bond acceptors (Lipinski definition) is 2. The Bertz CT molecular complexity index is 1430. The summed E-state index contributed by atoms with van der Waals surface area (Å²) >= 11 is 13.1. The van der Waals surface area contributed by atoms with Gasteiger partial charge in [0.1, 0.15) is 5.69 Å². The van der Waals surface area contributed by atoms with Crippen LogP contribution in [-0.2, 0) is 0 Å². The average Bonchev–Trinajstić information content (AvgIpc) is 3.10. The molecule has 4 aromatic carbocycles. The average molecular weight is 485 g/mol. The zero-order valence-electron chi connectivity index (χ0n) is 19.7. The van der Waals surface area contributed by atoms with E-state index in [0.29, 0.717) is 27.6 Å². The number of benzene rings is 4. The maximum atomic E-state index is 6.53. The molecule has 0 aromatic heterocycles. The van der Waals surface area contributed by atoms with Crippen LogP contribution >= 0.6 is 23.2 Å². The van der Waals surface area contributed by atoms with Crippen molar-refractivity contribution in [1.82, 2.24) is 0 Å².